The van der Waals surface area contributed by atoms with Gasteiger partial charge in [-0.25, -0.2) is 0 Å². The number of nitrogens with one attached hydrogen (secondary N) is 1. The van der Waals surface area contributed by atoms with Crippen molar-refractivity contribution >= 4 is 5.97 Å². The van der Waals surface area contributed by atoms with Gasteiger partial charge in [0.1, 0.15) is 0 Å². The number of hydrogen-bond donors (Lipinski definition) is 2. The summed E-state index contributed by atoms with van der Waals surface area (Å²) in [6.45, 7) is 5.13. The predicted octanol–water partition coefficient (Wildman–Crippen LogP) is 4.42. The molecule has 2 aromatic rings. The Bertz CT molecular complexity index is 770. The van der Waals surface area contributed by atoms with E-state index in [-0.39, 0.29) is 5.56 Å². The quantitative estimate of drug-likeness (QED) is 0.810. The average molecular weight is 351 g/mol. The van der Waals surface area contributed by atoms with Gasteiger partial charge < -0.3 is 10.4 Å². The SMILES string of the molecule is CCNCc1cc(C)ccc1-c1cc(CC(=O)O)cc(C(F)(F)F)c1. The molecule has 2 rings (SSSR count). The summed E-state index contributed by atoms with van der Waals surface area (Å²) in [5, 5.41) is 12.1. The summed E-state index contributed by atoms with van der Waals surface area (Å²) in [4.78, 5) is 10.9. The molecule has 0 aliphatic rings. The lowest BCUT2D eigenvalue weighted by Crippen LogP contribution is -2.13. The van der Waals surface area contributed by atoms with Crippen molar-refractivity contribution in [3.63, 3.8) is 0 Å². The number of aryl methyl sites for hydroxylation is 1. The highest BCUT2D eigenvalue weighted by Gasteiger charge is 2.31. The van der Waals surface area contributed by atoms with Crippen molar-refractivity contribution in [3.8, 4) is 11.1 Å². The largest absolute Gasteiger partial charge is 0.481 e. The standard InChI is InChI=1S/C19H20F3NO2/c1-3-23-11-15-6-12(2)4-5-17(15)14-7-13(9-18(24)25)8-16(10-14)19(20,21)22/h4-8,10,23H,3,9,11H2,1-2H3,(H,24,25). The lowest BCUT2D eigenvalue weighted by Gasteiger charge is -2.15. The fourth-order valence-corrected chi connectivity index (χ4v) is 2.70. The molecular formula is C19H20F3NO2. The van der Waals surface area contributed by atoms with Crippen LogP contribution in [0, 0.1) is 6.92 Å². The number of aliphatic carboxylic acids is 1. The number of carboxylic acids is 1. The summed E-state index contributed by atoms with van der Waals surface area (Å²) < 4.78 is 39.6. The Balaban J connectivity index is 2.59. The number of alkyl halides is 3. The monoisotopic (exact) mass is 351 g/mol. The van der Waals surface area contributed by atoms with E-state index in [4.69, 9.17) is 5.11 Å². The molecule has 2 aromatic carbocycles. The molecule has 25 heavy (non-hydrogen) atoms. The van der Waals surface area contributed by atoms with Crippen LogP contribution >= 0.6 is 0 Å². The van der Waals surface area contributed by atoms with Gasteiger partial charge in [-0.3, -0.25) is 4.79 Å². The van der Waals surface area contributed by atoms with E-state index in [1.807, 2.05) is 26.0 Å². The highest BCUT2D eigenvalue weighted by atomic mass is 19.4. The van der Waals surface area contributed by atoms with Crippen LogP contribution in [0.25, 0.3) is 11.1 Å². The first-order valence-electron chi connectivity index (χ1n) is 7.94. The van der Waals surface area contributed by atoms with Gasteiger partial charge in [0, 0.05) is 6.54 Å². The number of hydrogen-bond acceptors (Lipinski definition) is 2. The van der Waals surface area contributed by atoms with Crippen LogP contribution < -0.4 is 5.32 Å². The van der Waals surface area contributed by atoms with Crippen LogP contribution in [-0.4, -0.2) is 17.6 Å². The number of rotatable bonds is 6. The van der Waals surface area contributed by atoms with E-state index in [1.165, 1.54) is 6.07 Å². The third-order valence-electron chi connectivity index (χ3n) is 3.81. The van der Waals surface area contributed by atoms with E-state index in [1.54, 1.807) is 6.07 Å². The minimum atomic E-state index is -4.53. The van der Waals surface area contributed by atoms with Gasteiger partial charge in [-0.2, -0.15) is 13.2 Å². The Hall–Kier alpha value is -2.34. The van der Waals surface area contributed by atoms with Crippen molar-refractivity contribution in [2.45, 2.75) is 33.0 Å². The highest BCUT2D eigenvalue weighted by Crippen LogP contribution is 2.35. The molecule has 0 spiro atoms. The first-order valence-corrected chi connectivity index (χ1v) is 7.94. The molecule has 0 saturated carbocycles. The number of halogens is 3. The maximum Gasteiger partial charge on any atom is 0.416 e. The van der Waals surface area contributed by atoms with Crippen LogP contribution in [0.15, 0.2) is 36.4 Å². The minimum Gasteiger partial charge on any atom is -0.481 e. The third-order valence-corrected chi connectivity index (χ3v) is 3.81. The molecule has 0 radical (unpaired) electrons. The molecule has 0 amide bonds. The maximum absolute atomic E-state index is 13.2. The van der Waals surface area contributed by atoms with Crippen LogP contribution in [0.2, 0.25) is 0 Å². The van der Waals surface area contributed by atoms with Crippen molar-refractivity contribution in [3.05, 3.63) is 58.7 Å². The van der Waals surface area contributed by atoms with Gasteiger partial charge in [0.25, 0.3) is 0 Å². The van der Waals surface area contributed by atoms with Gasteiger partial charge in [0.15, 0.2) is 0 Å². The molecule has 0 aromatic heterocycles. The van der Waals surface area contributed by atoms with Crippen LogP contribution in [0.4, 0.5) is 13.2 Å². The first-order chi connectivity index (χ1) is 11.7. The Labute approximate surface area is 144 Å². The second kappa shape index (κ2) is 7.70. The lowest BCUT2D eigenvalue weighted by molar-refractivity contribution is -0.138. The summed E-state index contributed by atoms with van der Waals surface area (Å²) in [6.07, 6.45) is -4.99. The molecule has 0 unspecified atom stereocenters. The molecule has 0 fully saturated rings. The zero-order chi connectivity index (χ0) is 18.6. The molecule has 6 heteroatoms. The van der Waals surface area contributed by atoms with E-state index in [0.717, 1.165) is 29.8 Å². The van der Waals surface area contributed by atoms with Gasteiger partial charge in [-0.15, -0.1) is 0 Å². The van der Waals surface area contributed by atoms with Crippen molar-refractivity contribution < 1.29 is 23.1 Å². The van der Waals surface area contributed by atoms with Gasteiger partial charge in [-0.05, 0) is 47.9 Å². The van der Waals surface area contributed by atoms with E-state index in [2.05, 4.69) is 5.32 Å². The smallest absolute Gasteiger partial charge is 0.416 e. The summed E-state index contributed by atoms with van der Waals surface area (Å²) in [5.41, 5.74) is 2.23. The second-order valence-electron chi connectivity index (χ2n) is 5.93. The fraction of sp³-hybridized carbons (Fsp3) is 0.316. The molecular weight excluding hydrogens is 331 g/mol. The van der Waals surface area contributed by atoms with Gasteiger partial charge in [0.05, 0.1) is 12.0 Å². The first kappa shape index (κ1) is 19.0. The maximum atomic E-state index is 13.2. The summed E-state index contributed by atoms with van der Waals surface area (Å²) in [7, 11) is 0. The molecule has 0 heterocycles. The molecule has 134 valence electrons. The van der Waals surface area contributed by atoms with Crippen LogP contribution in [-0.2, 0) is 23.9 Å². The van der Waals surface area contributed by atoms with Crippen molar-refractivity contribution in [1.82, 2.24) is 5.32 Å². The Kier molecular flexibility index (Phi) is 5.85. The summed E-state index contributed by atoms with van der Waals surface area (Å²) >= 11 is 0. The lowest BCUT2D eigenvalue weighted by atomic mass is 9.93. The molecule has 0 saturated heterocycles. The molecule has 0 aliphatic heterocycles. The normalized spacial score (nSPS) is 11.6. The van der Waals surface area contributed by atoms with Crippen LogP contribution in [0.3, 0.4) is 0 Å². The van der Waals surface area contributed by atoms with Gasteiger partial charge >= 0.3 is 12.1 Å². The van der Waals surface area contributed by atoms with Crippen molar-refractivity contribution in [1.29, 1.82) is 0 Å². The second-order valence-corrected chi connectivity index (χ2v) is 5.93. The number of carbonyl (C=O) groups is 1. The van der Waals surface area contributed by atoms with Gasteiger partial charge in [-0.1, -0.05) is 36.8 Å². The minimum absolute atomic E-state index is 0.132. The predicted molar refractivity (Wildman–Crippen MR) is 90.3 cm³/mol. The van der Waals surface area contributed by atoms with Crippen LogP contribution in [0.1, 0.15) is 29.2 Å². The molecule has 0 aliphatic carbocycles. The Morgan fingerprint density at radius 3 is 2.48 bits per heavy atom. The Morgan fingerprint density at radius 2 is 1.88 bits per heavy atom. The van der Waals surface area contributed by atoms with E-state index in [0.29, 0.717) is 17.7 Å². The number of carboxylic acid groups (broad SMARTS) is 1. The topological polar surface area (TPSA) is 49.3 Å². The number of benzene rings is 2. The van der Waals surface area contributed by atoms with Crippen LogP contribution in [0.5, 0.6) is 0 Å². The van der Waals surface area contributed by atoms with Gasteiger partial charge in [0.2, 0.25) is 0 Å². The van der Waals surface area contributed by atoms with Crippen molar-refractivity contribution in [2.24, 2.45) is 0 Å². The zero-order valence-electron chi connectivity index (χ0n) is 14.1. The zero-order valence-corrected chi connectivity index (χ0v) is 14.1. The fourth-order valence-electron chi connectivity index (χ4n) is 2.70. The summed E-state index contributed by atoms with van der Waals surface area (Å²) in [5.74, 6) is -1.16. The molecule has 0 bridgehead atoms. The average Bonchev–Trinajstić information content (AvgIpc) is 2.51. The van der Waals surface area contributed by atoms with E-state index in [9.17, 15) is 18.0 Å². The summed E-state index contributed by atoms with van der Waals surface area (Å²) in [6, 6.07) is 9.03. The van der Waals surface area contributed by atoms with E-state index < -0.39 is 24.1 Å². The molecule has 2 N–H and O–H groups in total. The van der Waals surface area contributed by atoms with E-state index >= 15 is 0 Å². The molecule has 0 atom stereocenters. The molecule has 3 nitrogen and oxygen atoms in total. The highest BCUT2D eigenvalue weighted by molar-refractivity contribution is 5.74. The third kappa shape index (κ3) is 5.06. The van der Waals surface area contributed by atoms with Crippen molar-refractivity contribution in [2.75, 3.05) is 6.54 Å². The Morgan fingerprint density at radius 1 is 1.16 bits per heavy atom.